The van der Waals surface area contributed by atoms with E-state index in [1.165, 1.54) is 37.8 Å². The molecule has 8 heteroatoms. The Bertz CT molecular complexity index is 1360. The van der Waals surface area contributed by atoms with Crippen molar-refractivity contribution in [3.05, 3.63) is 60.0 Å². The van der Waals surface area contributed by atoms with Crippen LogP contribution in [0, 0.1) is 5.82 Å². The van der Waals surface area contributed by atoms with E-state index < -0.39 is 0 Å². The van der Waals surface area contributed by atoms with Crippen LogP contribution in [0.5, 0.6) is 0 Å². The Hall–Kier alpha value is -3.52. The minimum atomic E-state index is -0.291. The van der Waals surface area contributed by atoms with E-state index in [1.807, 2.05) is 22.7 Å². The molecule has 0 bridgehead atoms. The first-order chi connectivity index (χ1) is 17.7. The summed E-state index contributed by atoms with van der Waals surface area (Å²) in [4.78, 5) is 9.36. The van der Waals surface area contributed by atoms with Crippen molar-refractivity contribution in [3.63, 3.8) is 0 Å². The molecule has 2 aliphatic carbocycles. The second-order valence-corrected chi connectivity index (χ2v) is 9.91. The molecule has 3 N–H and O–H groups in total. The largest absolute Gasteiger partial charge is 0.392 e. The number of benzene rings is 1. The summed E-state index contributed by atoms with van der Waals surface area (Å²) >= 11 is 0. The molecule has 2 saturated carbocycles. The number of aliphatic hydroxyl groups excluding tert-OH is 1. The first-order valence-electron chi connectivity index (χ1n) is 13.0. The zero-order valence-electron chi connectivity index (χ0n) is 20.3. The SMILES string of the molecule is OCc1ccc2c(-c3ccnc(NC4CCCC4)n3)c(-c3ccc(F)cc3)nn2c1NC1CCCC1. The van der Waals surface area contributed by atoms with Crippen molar-refractivity contribution < 1.29 is 9.50 Å². The summed E-state index contributed by atoms with van der Waals surface area (Å²) in [5.74, 6) is 1.12. The van der Waals surface area contributed by atoms with Gasteiger partial charge in [-0.3, -0.25) is 0 Å². The molecule has 3 heterocycles. The summed E-state index contributed by atoms with van der Waals surface area (Å²) in [5, 5.41) is 22.3. The van der Waals surface area contributed by atoms with Crippen molar-refractivity contribution in [2.75, 3.05) is 10.6 Å². The molecular weight excluding hydrogens is 455 g/mol. The maximum absolute atomic E-state index is 13.8. The van der Waals surface area contributed by atoms with Crippen LogP contribution in [0.4, 0.5) is 16.2 Å². The molecule has 0 saturated heterocycles. The highest BCUT2D eigenvalue weighted by Gasteiger charge is 2.24. The van der Waals surface area contributed by atoms with Crippen LogP contribution in [0.2, 0.25) is 0 Å². The molecule has 0 aliphatic heterocycles. The minimum Gasteiger partial charge on any atom is -0.392 e. The molecule has 2 aliphatic rings. The van der Waals surface area contributed by atoms with Gasteiger partial charge in [-0.05, 0) is 62.1 Å². The van der Waals surface area contributed by atoms with Gasteiger partial charge >= 0.3 is 0 Å². The van der Waals surface area contributed by atoms with Crippen LogP contribution in [-0.2, 0) is 6.61 Å². The molecule has 36 heavy (non-hydrogen) atoms. The third-order valence-electron chi connectivity index (χ3n) is 7.46. The molecule has 1 aromatic carbocycles. The van der Waals surface area contributed by atoms with Gasteiger partial charge in [0.1, 0.15) is 17.3 Å². The van der Waals surface area contributed by atoms with Crippen molar-refractivity contribution in [2.45, 2.75) is 70.1 Å². The Morgan fingerprint density at radius 3 is 2.28 bits per heavy atom. The van der Waals surface area contributed by atoms with Crippen LogP contribution in [0.1, 0.15) is 56.9 Å². The van der Waals surface area contributed by atoms with Crippen LogP contribution in [-0.4, -0.2) is 36.8 Å². The van der Waals surface area contributed by atoms with Crippen molar-refractivity contribution >= 4 is 17.3 Å². The molecule has 7 nitrogen and oxygen atoms in total. The number of aromatic nitrogens is 4. The van der Waals surface area contributed by atoms with Gasteiger partial charge in [0.2, 0.25) is 5.95 Å². The van der Waals surface area contributed by atoms with Crippen molar-refractivity contribution in [1.29, 1.82) is 0 Å². The van der Waals surface area contributed by atoms with E-state index in [2.05, 4.69) is 15.6 Å². The molecule has 6 rings (SSSR count). The third kappa shape index (κ3) is 4.41. The van der Waals surface area contributed by atoms with Gasteiger partial charge in [0.05, 0.1) is 23.4 Å². The Kier molecular flexibility index (Phi) is 6.27. The van der Waals surface area contributed by atoms with Gasteiger partial charge in [-0.2, -0.15) is 5.10 Å². The summed E-state index contributed by atoms with van der Waals surface area (Å²) in [6.45, 7) is -0.0883. The monoisotopic (exact) mass is 486 g/mol. The zero-order chi connectivity index (χ0) is 24.5. The molecule has 3 aromatic heterocycles. The summed E-state index contributed by atoms with van der Waals surface area (Å²) in [5.41, 5.74) is 4.79. The fourth-order valence-electron chi connectivity index (χ4n) is 5.58. The molecule has 0 spiro atoms. The van der Waals surface area contributed by atoms with E-state index in [0.29, 0.717) is 23.7 Å². The van der Waals surface area contributed by atoms with Crippen LogP contribution in [0.15, 0.2) is 48.7 Å². The van der Waals surface area contributed by atoms with Gasteiger partial charge in [0.25, 0.3) is 0 Å². The standard InChI is InChI=1S/C28H31FN6O/c29-20-12-9-18(10-13-20)26-25(23-15-16-30-28(33-23)32-22-7-3-4-8-22)24-14-11-19(17-36)27(35(24)34-26)31-21-5-1-2-6-21/h9-16,21-22,31,36H,1-8,17H2,(H,30,32,33). The van der Waals surface area contributed by atoms with Gasteiger partial charge in [-0.25, -0.2) is 18.9 Å². The highest BCUT2D eigenvalue weighted by Crippen LogP contribution is 2.37. The average molecular weight is 487 g/mol. The Labute approximate surface area is 209 Å². The lowest BCUT2D eigenvalue weighted by Gasteiger charge is -2.17. The molecule has 4 aromatic rings. The highest BCUT2D eigenvalue weighted by molar-refractivity contribution is 5.92. The average Bonchev–Trinajstić information content (AvgIpc) is 3.66. The van der Waals surface area contributed by atoms with E-state index in [0.717, 1.165) is 59.4 Å². The number of nitrogens with one attached hydrogen (secondary N) is 2. The smallest absolute Gasteiger partial charge is 0.223 e. The maximum atomic E-state index is 13.8. The Balaban J connectivity index is 1.51. The number of anilines is 2. The minimum absolute atomic E-state index is 0.0883. The summed E-state index contributed by atoms with van der Waals surface area (Å²) in [7, 11) is 0. The van der Waals surface area contributed by atoms with Gasteiger partial charge in [0, 0.05) is 29.4 Å². The van der Waals surface area contributed by atoms with Crippen molar-refractivity contribution in [1.82, 2.24) is 19.6 Å². The fourth-order valence-corrected chi connectivity index (χ4v) is 5.58. The number of aliphatic hydroxyl groups is 1. The van der Waals surface area contributed by atoms with Crippen LogP contribution in [0.25, 0.3) is 28.0 Å². The molecule has 0 unspecified atom stereocenters. The second-order valence-electron chi connectivity index (χ2n) is 9.91. The lowest BCUT2D eigenvalue weighted by Crippen LogP contribution is -2.18. The van der Waals surface area contributed by atoms with E-state index in [1.54, 1.807) is 18.3 Å². The van der Waals surface area contributed by atoms with Gasteiger partial charge in [-0.15, -0.1) is 0 Å². The lowest BCUT2D eigenvalue weighted by molar-refractivity contribution is 0.281. The van der Waals surface area contributed by atoms with Gasteiger partial charge in [0.15, 0.2) is 0 Å². The summed E-state index contributed by atoms with van der Waals surface area (Å²) < 4.78 is 15.7. The number of fused-ring (bicyclic) bond motifs is 1. The quantitative estimate of drug-likeness (QED) is 0.306. The number of hydrogen-bond acceptors (Lipinski definition) is 6. The van der Waals surface area contributed by atoms with Gasteiger partial charge in [-0.1, -0.05) is 31.7 Å². The summed E-state index contributed by atoms with van der Waals surface area (Å²) in [6.07, 6.45) is 11.1. The number of pyridine rings is 1. The molecule has 0 radical (unpaired) electrons. The predicted molar refractivity (Wildman–Crippen MR) is 139 cm³/mol. The normalized spacial score (nSPS) is 16.7. The van der Waals surface area contributed by atoms with Gasteiger partial charge < -0.3 is 15.7 Å². The first kappa shape index (κ1) is 22.9. The van der Waals surface area contributed by atoms with Crippen molar-refractivity contribution in [3.8, 4) is 22.5 Å². The third-order valence-corrected chi connectivity index (χ3v) is 7.46. The molecule has 0 atom stereocenters. The number of hydrogen-bond donors (Lipinski definition) is 3. The molecule has 2 fully saturated rings. The lowest BCUT2D eigenvalue weighted by atomic mass is 10.0. The van der Waals surface area contributed by atoms with Crippen LogP contribution >= 0.6 is 0 Å². The Morgan fingerprint density at radius 1 is 0.889 bits per heavy atom. The Morgan fingerprint density at radius 2 is 1.58 bits per heavy atom. The zero-order valence-corrected chi connectivity index (χ0v) is 20.3. The van der Waals surface area contributed by atoms with E-state index in [9.17, 15) is 9.50 Å². The number of nitrogens with zero attached hydrogens (tertiary/aromatic N) is 4. The molecular formula is C28H31FN6O. The highest BCUT2D eigenvalue weighted by atomic mass is 19.1. The topological polar surface area (TPSA) is 87.4 Å². The van der Waals surface area contributed by atoms with Crippen molar-refractivity contribution in [2.24, 2.45) is 0 Å². The number of rotatable bonds is 7. The molecule has 186 valence electrons. The second kappa shape index (κ2) is 9.85. The molecule has 0 amide bonds. The van der Waals surface area contributed by atoms with E-state index in [4.69, 9.17) is 10.1 Å². The van der Waals surface area contributed by atoms with E-state index in [-0.39, 0.29) is 12.4 Å². The summed E-state index contributed by atoms with van der Waals surface area (Å²) in [6, 6.07) is 13.0. The maximum Gasteiger partial charge on any atom is 0.223 e. The van der Waals surface area contributed by atoms with Crippen LogP contribution < -0.4 is 10.6 Å². The van der Waals surface area contributed by atoms with E-state index >= 15 is 0 Å². The number of halogens is 1. The first-order valence-corrected chi connectivity index (χ1v) is 13.0. The predicted octanol–water partition coefficient (Wildman–Crippen LogP) is 5.80. The fraction of sp³-hybridized carbons (Fsp3) is 0.393. The van der Waals surface area contributed by atoms with Crippen LogP contribution in [0.3, 0.4) is 0 Å².